The minimum Gasteiger partial charge on any atom is -0.381 e. The lowest BCUT2D eigenvalue weighted by Crippen LogP contribution is -2.25. The largest absolute Gasteiger partial charge is 0.381 e. The van der Waals surface area contributed by atoms with Crippen molar-refractivity contribution in [3.05, 3.63) is 30.3 Å². The van der Waals surface area contributed by atoms with Crippen molar-refractivity contribution in [1.82, 2.24) is 0 Å². The summed E-state index contributed by atoms with van der Waals surface area (Å²) in [4.78, 5) is 0. The number of benzene rings is 1. The topological polar surface area (TPSA) is 12.0 Å². The Morgan fingerprint density at radius 1 is 1.23 bits per heavy atom. The lowest BCUT2D eigenvalue weighted by molar-refractivity contribution is 0.685. The van der Waals surface area contributed by atoms with E-state index in [1.165, 1.54) is 30.0 Å². The van der Waals surface area contributed by atoms with Crippen molar-refractivity contribution in [2.24, 2.45) is 0 Å². The minimum absolute atomic E-state index is 0.682. The smallest absolute Gasteiger partial charge is 0.0352 e. The molecule has 1 nitrogen and oxygen atoms in total. The zero-order valence-electron chi connectivity index (χ0n) is 7.70. The van der Waals surface area contributed by atoms with Gasteiger partial charge in [0, 0.05) is 17.5 Å². The van der Waals surface area contributed by atoms with Crippen molar-refractivity contribution >= 4 is 17.4 Å². The second-order valence-electron chi connectivity index (χ2n) is 3.42. The number of para-hydroxylation sites is 1. The first-order valence-electron chi connectivity index (χ1n) is 4.84. The molecule has 2 rings (SSSR count). The van der Waals surface area contributed by atoms with Crippen molar-refractivity contribution in [2.45, 2.75) is 18.9 Å². The maximum atomic E-state index is 3.56. The van der Waals surface area contributed by atoms with Crippen LogP contribution in [-0.4, -0.2) is 17.5 Å². The SMILES string of the molecule is c1ccc(N[C@@H]2CCCSC2)cc1. The van der Waals surface area contributed by atoms with Crippen LogP contribution in [0.25, 0.3) is 0 Å². The zero-order chi connectivity index (χ0) is 8.93. The molecule has 1 heterocycles. The Hall–Kier alpha value is -0.630. The van der Waals surface area contributed by atoms with Gasteiger partial charge in [-0.1, -0.05) is 18.2 Å². The number of anilines is 1. The van der Waals surface area contributed by atoms with Gasteiger partial charge in [0.1, 0.15) is 0 Å². The minimum atomic E-state index is 0.682. The Morgan fingerprint density at radius 2 is 2.08 bits per heavy atom. The average Bonchev–Trinajstić information content (AvgIpc) is 2.21. The van der Waals surface area contributed by atoms with Crippen molar-refractivity contribution in [3.63, 3.8) is 0 Å². The van der Waals surface area contributed by atoms with Crippen LogP contribution >= 0.6 is 11.8 Å². The number of rotatable bonds is 2. The molecule has 0 aromatic heterocycles. The normalized spacial score (nSPS) is 22.6. The van der Waals surface area contributed by atoms with E-state index >= 15 is 0 Å². The van der Waals surface area contributed by atoms with E-state index in [4.69, 9.17) is 0 Å². The zero-order valence-corrected chi connectivity index (χ0v) is 8.52. The monoisotopic (exact) mass is 193 g/mol. The van der Waals surface area contributed by atoms with E-state index in [1.54, 1.807) is 0 Å². The molecule has 0 bridgehead atoms. The Labute approximate surface area is 83.9 Å². The van der Waals surface area contributed by atoms with Crippen molar-refractivity contribution in [3.8, 4) is 0 Å². The van der Waals surface area contributed by atoms with Crippen LogP contribution in [-0.2, 0) is 0 Å². The van der Waals surface area contributed by atoms with Crippen LogP contribution in [0.1, 0.15) is 12.8 Å². The molecule has 1 saturated heterocycles. The first kappa shape index (κ1) is 8.95. The van der Waals surface area contributed by atoms with Crippen LogP contribution in [0.3, 0.4) is 0 Å². The van der Waals surface area contributed by atoms with Crippen LogP contribution in [0.5, 0.6) is 0 Å². The summed E-state index contributed by atoms with van der Waals surface area (Å²) >= 11 is 2.06. The Morgan fingerprint density at radius 3 is 2.77 bits per heavy atom. The molecule has 1 atom stereocenters. The second-order valence-corrected chi connectivity index (χ2v) is 4.57. The fourth-order valence-corrected chi connectivity index (χ4v) is 2.70. The fraction of sp³-hybridized carbons (Fsp3) is 0.455. The molecule has 0 spiro atoms. The predicted molar refractivity (Wildman–Crippen MR) is 60.4 cm³/mol. The van der Waals surface area contributed by atoms with Crippen LogP contribution in [0.4, 0.5) is 5.69 Å². The highest BCUT2D eigenvalue weighted by atomic mass is 32.2. The first-order chi connectivity index (χ1) is 6.45. The average molecular weight is 193 g/mol. The number of nitrogens with one attached hydrogen (secondary N) is 1. The lowest BCUT2D eigenvalue weighted by atomic mass is 10.2. The van der Waals surface area contributed by atoms with Gasteiger partial charge in [-0.05, 0) is 30.7 Å². The van der Waals surface area contributed by atoms with E-state index in [0.717, 1.165) is 0 Å². The molecule has 1 aromatic carbocycles. The van der Waals surface area contributed by atoms with E-state index in [1.807, 2.05) is 0 Å². The molecule has 1 aromatic rings. The van der Waals surface area contributed by atoms with E-state index in [9.17, 15) is 0 Å². The summed E-state index contributed by atoms with van der Waals surface area (Å²) < 4.78 is 0. The van der Waals surface area contributed by atoms with Crippen LogP contribution in [0.2, 0.25) is 0 Å². The molecule has 0 saturated carbocycles. The number of hydrogen-bond acceptors (Lipinski definition) is 2. The van der Waals surface area contributed by atoms with Crippen molar-refractivity contribution < 1.29 is 0 Å². The van der Waals surface area contributed by atoms with E-state index in [2.05, 4.69) is 47.4 Å². The highest BCUT2D eigenvalue weighted by Crippen LogP contribution is 2.20. The highest BCUT2D eigenvalue weighted by molar-refractivity contribution is 7.99. The maximum absolute atomic E-state index is 3.56. The number of thioether (sulfide) groups is 1. The van der Waals surface area contributed by atoms with Crippen LogP contribution in [0.15, 0.2) is 30.3 Å². The third kappa shape index (κ3) is 2.66. The molecule has 1 N–H and O–H groups in total. The van der Waals surface area contributed by atoms with Gasteiger partial charge in [0.25, 0.3) is 0 Å². The van der Waals surface area contributed by atoms with E-state index in [-0.39, 0.29) is 0 Å². The molecular formula is C11H15NS. The molecule has 70 valence electrons. The second kappa shape index (κ2) is 4.56. The Balaban J connectivity index is 1.90. The molecule has 0 aliphatic carbocycles. The molecule has 2 heteroatoms. The summed E-state index contributed by atoms with van der Waals surface area (Å²) in [6.45, 7) is 0. The van der Waals surface area contributed by atoms with E-state index < -0.39 is 0 Å². The molecule has 0 amide bonds. The van der Waals surface area contributed by atoms with Gasteiger partial charge in [0.2, 0.25) is 0 Å². The fourth-order valence-electron chi connectivity index (χ4n) is 1.62. The van der Waals surface area contributed by atoms with Crippen LogP contribution < -0.4 is 5.32 Å². The Kier molecular flexibility index (Phi) is 3.14. The summed E-state index contributed by atoms with van der Waals surface area (Å²) in [6.07, 6.45) is 2.68. The van der Waals surface area contributed by atoms with Crippen molar-refractivity contribution in [1.29, 1.82) is 0 Å². The molecule has 0 unspecified atom stereocenters. The van der Waals surface area contributed by atoms with Gasteiger partial charge in [0.15, 0.2) is 0 Å². The molecule has 1 aliphatic heterocycles. The summed E-state index contributed by atoms with van der Waals surface area (Å²) in [6, 6.07) is 11.2. The van der Waals surface area contributed by atoms with Gasteiger partial charge in [0.05, 0.1) is 0 Å². The van der Waals surface area contributed by atoms with Gasteiger partial charge in [-0.25, -0.2) is 0 Å². The van der Waals surface area contributed by atoms with Crippen molar-refractivity contribution in [2.75, 3.05) is 16.8 Å². The van der Waals surface area contributed by atoms with Gasteiger partial charge in [-0.3, -0.25) is 0 Å². The van der Waals surface area contributed by atoms with Crippen LogP contribution in [0, 0.1) is 0 Å². The van der Waals surface area contributed by atoms with E-state index in [0.29, 0.717) is 6.04 Å². The molecular weight excluding hydrogens is 178 g/mol. The summed E-state index contributed by atoms with van der Waals surface area (Å²) in [5.74, 6) is 2.60. The van der Waals surface area contributed by atoms with Gasteiger partial charge >= 0.3 is 0 Å². The maximum Gasteiger partial charge on any atom is 0.0352 e. The summed E-state index contributed by atoms with van der Waals surface area (Å²) in [7, 11) is 0. The first-order valence-corrected chi connectivity index (χ1v) is 6.00. The molecule has 13 heavy (non-hydrogen) atoms. The lowest BCUT2D eigenvalue weighted by Gasteiger charge is -2.23. The Bertz CT molecular complexity index is 242. The summed E-state index contributed by atoms with van der Waals surface area (Å²) in [5, 5.41) is 3.56. The quantitative estimate of drug-likeness (QED) is 0.775. The van der Waals surface area contributed by atoms with Gasteiger partial charge in [-0.15, -0.1) is 0 Å². The molecule has 1 fully saturated rings. The highest BCUT2D eigenvalue weighted by Gasteiger charge is 2.12. The molecule has 0 radical (unpaired) electrons. The number of hydrogen-bond donors (Lipinski definition) is 1. The third-order valence-corrected chi connectivity index (χ3v) is 3.52. The van der Waals surface area contributed by atoms with Gasteiger partial charge in [-0.2, -0.15) is 11.8 Å². The summed E-state index contributed by atoms with van der Waals surface area (Å²) in [5.41, 5.74) is 1.26. The van der Waals surface area contributed by atoms with Gasteiger partial charge < -0.3 is 5.32 Å². The predicted octanol–water partition coefficient (Wildman–Crippen LogP) is 2.99. The standard InChI is InChI=1S/C11H15NS/c1-2-5-10(6-3-1)12-11-7-4-8-13-9-11/h1-3,5-6,11-12H,4,7-9H2/t11-/m1/s1. The third-order valence-electron chi connectivity index (χ3n) is 2.30. The molecule has 1 aliphatic rings.